The zero-order valence-electron chi connectivity index (χ0n) is 7.97. The minimum absolute atomic E-state index is 0.192. The average molecular weight is 217 g/mol. The molecule has 0 heterocycles. The van der Waals surface area contributed by atoms with E-state index in [1.165, 1.54) is 0 Å². The Bertz CT molecular complexity index is 350. The predicted molar refractivity (Wildman–Crippen MR) is 59.4 cm³/mol. The van der Waals surface area contributed by atoms with Gasteiger partial charge in [0.2, 0.25) is 6.43 Å². The molecule has 4 heteroatoms. The molecule has 0 fully saturated rings. The molecular weight excluding hydrogens is 204 g/mol. The van der Waals surface area contributed by atoms with Crippen LogP contribution in [-0.2, 0) is 0 Å². The molecule has 0 aromatic heterocycles. The molecule has 0 amide bonds. The Morgan fingerprint density at radius 2 is 2.14 bits per heavy atom. The summed E-state index contributed by atoms with van der Waals surface area (Å²) in [6.45, 7) is 1.88. The minimum atomic E-state index is -2.31. The second kappa shape index (κ2) is 4.55. The van der Waals surface area contributed by atoms with Crippen molar-refractivity contribution in [3.63, 3.8) is 0 Å². The molecular formula is C10H13F2NS. The number of hydrogen-bond acceptors (Lipinski definition) is 1. The van der Waals surface area contributed by atoms with E-state index in [2.05, 4.69) is 5.87 Å². The van der Waals surface area contributed by atoms with E-state index in [9.17, 15) is 8.78 Å². The molecule has 0 saturated heterocycles. The van der Waals surface area contributed by atoms with Crippen LogP contribution in [-0.4, -0.2) is 18.0 Å². The molecule has 0 radical (unpaired) electrons. The Kier molecular flexibility index (Phi) is 3.63. The van der Waals surface area contributed by atoms with E-state index in [1.807, 2.05) is 19.1 Å². The van der Waals surface area contributed by atoms with Crippen molar-refractivity contribution in [2.75, 3.05) is 11.5 Å². The van der Waals surface area contributed by atoms with Gasteiger partial charge in [-0.05, 0) is 24.6 Å². The number of alkyl halides is 2. The predicted octanol–water partition coefficient (Wildman–Crippen LogP) is 2.90. The number of nitrogens with two attached hydrogens (primary N) is 1. The van der Waals surface area contributed by atoms with Crippen LogP contribution in [0.15, 0.2) is 23.1 Å². The minimum Gasteiger partial charge on any atom is -0.398 e. The van der Waals surface area contributed by atoms with Crippen molar-refractivity contribution >= 4 is 22.0 Å². The molecule has 78 valence electrons. The Morgan fingerprint density at radius 3 is 2.64 bits per heavy atom. The van der Waals surface area contributed by atoms with E-state index < -0.39 is 16.9 Å². The molecule has 0 bridgehead atoms. The molecule has 0 aliphatic rings. The highest BCUT2D eigenvalue weighted by Crippen LogP contribution is 2.28. The third-order valence-corrected chi connectivity index (χ3v) is 3.49. The van der Waals surface area contributed by atoms with Crippen molar-refractivity contribution in [3.05, 3.63) is 23.8 Å². The molecule has 0 saturated carbocycles. The summed E-state index contributed by atoms with van der Waals surface area (Å²) in [5.74, 6) is 3.52. The smallest absolute Gasteiger partial charge is 0.247 e. The van der Waals surface area contributed by atoms with Crippen molar-refractivity contribution in [2.24, 2.45) is 0 Å². The Balaban J connectivity index is 2.86. The van der Waals surface area contributed by atoms with Gasteiger partial charge in [-0.25, -0.2) is 8.78 Å². The molecule has 0 aliphatic heterocycles. The lowest BCUT2D eigenvalue weighted by Gasteiger charge is -2.08. The lowest BCUT2D eigenvalue weighted by Crippen LogP contribution is -1.97. The van der Waals surface area contributed by atoms with Crippen molar-refractivity contribution < 1.29 is 8.78 Å². The standard InChI is InChI=1S/C10H13F2NS/c1-7-3-4-8(5-9(7)13)14(2)6-10(11)12/h3-5,10H,2,6,13H2,1H3. The number of aryl methyl sites for hydroxylation is 1. The molecule has 0 spiro atoms. The van der Waals surface area contributed by atoms with E-state index in [-0.39, 0.29) is 5.75 Å². The summed E-state index contributed by atoms with van der Waals surface area (Å²) >= 11 is 0. The fourth-order valence-corrected chi connectivity index (χ4v) is 2.10. The SMILES string of the molecule is C=S(CC(F)F)c1ccc(C)c(N)c1. The number of benzene rings is 1. The van der Waals surface area contributed by atoms with Gasteiger partial charge in [0.25, 0.3) is 0 Å². The summed E-state index contributed by atoms with van der Waals surface area (Å²) in [5, 5.41) is 0. The van der Waals surface area contributed by atoms with E-state index in [1.54, 1.807) is 6.07 Å². The molecule has 1 unspecified atom stereocenters. The second-order valence-corrected chi connectivity index (χ2v) is 4.86. The van der Waals surface area contributed by atoms with Gasteiger partial charge in [-0.3, -0.25) is 0 Å². The van der Waals surface area contributed by atoms with Crippen molar-refractivity contribution in [1.29, 1.82) is 0 Å². The highest BCUT2D eigenvalue weighted by molar-refractivity contribution is 8.14. The highest BCUT2D eigenvalue weighted by atomic mass is 32.2. The largest absolute Gasteiger partial charge is 0.398 e. The van der Waals surface area contributed by atoms with E-state index >= 15 is 0 Å². The Hall–Kier alpha value is -0.900. The maximum atomic E-state index is 12.1. The Labute approximate surface area is 84.9 Å². The highest BCUT2D eigenvalue weighted by Gasteiger charge is 2.06. The lowest BCUT2D eigenvalue weighted by molar-refractivity contribution is 0.176. The van der Waals surface area contributed by atoms with Crippen molar-refractivity contribution in [1.82, 2.24) is 0 Å². The zero-order chi connectivity index (χ0) is 10.7. The molecule has 1 atom stereocenters. The van der Waals surface area contributed by atoms with Gasteiger partial charge < -0.3 is 5.73 Å². The van der Waals surface area contributed by atoms with Crippen LogP contribution in [0.2, 0.25) is 0 Å². The van der Waals surface area contributed by atoms with Crippen molar-refractivity contribution in [2.45, 2.75) is 18.2 Å². The average Bonchev–Trinajstić information content (AvgIpc) is 2.08. The number of rotatable bonds is 3. The molecule has 2 N–H and O–H groups in total. The van der Waals surface area contributed by atoms with Crippen LogP contribution in [0, 0.1) is 6.92 Å². The van der Waals surface area contributed by atoms with Crippen LogP contribution in [0.4, 0.5) is 14.5 Å². The van der Waals surface area contributed by atoms with Gasteiger partial charge in [0.15, 0.2) is 0 Å². The number of anilines is 1. The first-order valence-electron chi connectivity index (χ1n) is 4.15. The van der Waals surface area contributed by atoms with Gasteiger partial charge in [0, 0.05) is 10.6 Å². The molecule has 0 aliphatic carbocycles. The van der Waals surface area contributed by atoms with Gasteiger partial charge in [0.1, 0.15) is 0 Å². The fourth-order valence-electron chi connectivity index (χ4n) is 1.05. The monoisotopic (exact) mass is 217 g/mol. The van der Waals surface area contributed by atoms with Crippen LogP contribution >= 0.6 is 10.5 Å². The molecule has 1 rings (SSSR count). The Morgan fingerprint density at radius 1 is 1.50 bits per heavy atom. The van der Waals surface area contributed by atoms with Crippen molar-refractivity contribution in [3.8, 4) is 0 Å². The third-order valence-electron chi connectivity index (χ3n) is 1.91. The van der Waals surface area contributed by atoms with Gasteiger partial charge in [-0.1, -0.05) is 11.9 Å². The first-order chi connectivity index (χ1) is 6.50. The molecule has 1 aromatic carbocycles. The maximum Gasteiger partial charge on any atom is 0.247 e. The number of nitrogen functional groups attached to an aromatic ring is 1. The quantitative estimate of drug-likeness (QED) is 0.611. The molecule has 1 aromatic rings. The first-order valence-corrected chi connectivity index (χ1v) is 5.72. The van der Waals surface area contributed by atoms with E-state index in [0.29, 0.717) is 5.69 Å². The molecule has 14 heavy (non-hydrogen) atoms. The maximum absolute atomic E-state index is 12.1. The second-order valence-electron chi connectivity index (χ2n) is 3.07. The third kappa shape index (κ3) is 2.80. The van der Waals surface area contributed by atoms with E-state index in [4.69, 9.17) is 5.73 Å². The summed E-state index contributed by atoms with van der Waals surface area (Å²) in [5.41, 5.74) is 7.28. The molecule has 1 nitrogen and oxygen atoms in total. The van der Waals surface area contributed by atoms with Crippen LogP contribution in [0.1, 0.15) is 5.56 Å². The normalized spacial score (nSPS) is 13.1. The van der Waals surface area contributed by atoms with Crippen LogP contribution in [0.5, 0.6) is 0 Å². The summed E-state index contributed by atoms with van der Waals surface area (Å²) in [7, 11) is -0.662. The van der Waals surface area contributed by atoms with Gasteiger partial charge in [-0.2, -0.15) is 10.5 Å². The van der Waals surface area contributed by atoms with Gasteiger partial charge in [0.05, 0.1) is 5.75 Å². The van der Waals surface area contributed by atoms with Crippen LogP contribution < -0.4 is 5.73 Å². The van der Waals surface area contributed by atoms with Gasteiger partial charge >= 0.3 is 0 Å². The summed E-state index contributed by atoms with van der Waals surface area (Å²) in [6.07, 6.45) is -2.31. The fraction of sp³-hybridized carbons (Fsp3) is 0.300. The van der Waals surface area contributed by atoms with Crippen LogP contribution in [0.25, 0.3) is 0 Å². The summed E-state index contributed by atoms with van der Waals surface area (Å²) in [6, 6.07) is 5.37. The summed E-state index contributed by atoms with van der Waals surface area (Å²) in [4.78, 5) is 0.799. The van der Waals surface area contributed by atoms with Crippen LogP contribution in [0.3, 0.4) is 0 Å². The number of hydrogen-bond donors (Lipinski definition) is 1. The topological polar surface area (TPSA) is 26.0 Å². The van der Waals surface area contributed by atoms with Gasteiger partial charge in [-0.15, -0.1) is 0 Å². The van der Waals surface area contributed by atoms with E-state index in [0.717, 1.165) is 10.5 Å². The number of halogens is 2. The zero-order valence-corrected chi connectivity index (χ0v) is 8.78. The summed E-state index contributed by atoms with van der Waals surface area (Å²) < 4.78 is 24.2. The first kappa shape index (κ1) is 11.2. The lowest BCUT2D eigenvalue weighted by atomic mass is 10.2.